The van der Waals surface area contributed by atoms with Crippen LogP contribution in [0.1, 0.15) is 45.4 Å². The maximum absolute atomic E-state index is 15.7. The van der Waals surface area contributed by atoms with Crippen molar-refractivity contribution in [3.8, 4) is 11.3 Å². The second-order valence-corrected chi connectivity index (χ2v) is 11.2. The molecule has 0 saturated heterocycles. The maximum atomic E-state index is 15.7. The molecule has 0 radical (unpaired) electrons. The zero-order valence-electron chi connectivity index (χ0n) is 19.7. The Labute approximate surface area is 211 Å². The molecule has 7 nitrogen and oxygen atoms in total. The second-order valence-electron chi connectivity index (χ2n) is 9.29. The molecule has 1 aromatic heterocycles. The lowest BCUT2D eigenvalue weighted by atomic mass is 9.96. The van der Waals surface area contributed by atoms with Crippen LogP contribution in [0.25, 0.3) is 11.3 Å². The Balaban J connectivity index is 1.84. The van der Waals surface area contributed by atoms with Gasteiger partial charge in [0.2, 0.25) is 5.29 Å². The number of halogens is 4. The van der Waals surface area contributed by atoms with Crippen LogP contribution in [0.15, 0.2) is 55.7 Å². The molecule has 190 valence electrons. The zero-order valence-corrected chi connectivity index (χ0v) is 21.3. The maximum Gasteiger partial charge on any atom is 0.267 e. The monoisotopic (exact) mass is 538 g/mol. The number of hydrogen-bond acceptors (Lipinski definition) is 6. The van der Waals surface area contributed by atoms with Gasteiger partial charge in [0.05, 0.1) is 5.69 Å². The molecule has 2 atom stereocenters. The third-order valence-corrected chi connectivity index (χ3v) is 7.02. The predicted octanol–water partition coefficient (Wildman–Crippen LogP) is 6.21. The van der Waals surface area contributed by atoms with Crippen molar-refractivity contribution in [1.82, 2.24) is 4.98 Å². The molecule has 2 unspecified atom stereocenters. The van der Waals surface area contributed by atoms with E-state index in [1.807, 2.05) is 32.4 Å². The number of sulfonamides is 1. The number of hydrogen-bond donors (Lipinski definition) is 1. The van der Waals surface area contributed by atoms with Gasteiger partial charge in [-0.15, -0.1) is 0 Å². The number of nitrogens with zero attached hydrogens (tertiary/aromatic N) is 3. The summed E-state index contributed by atoms with van der Waals surface area (Å²) in [6.45, 7) is 7.41. The molecule has 0 aliphatic carbocycles. The number of anilines is 1. The summed E-state index contributed by atoms with van der Waals surface area (Å²) in [4.78, 5) is 11.6. The minimum absolute atomic E-state index is 0.00773. The predicted molar refractivity (Wildman–Crippen MR) is 131 cm³/mol. The van der Waals surface area contributed by atoms with Crippen molar-refractivity contribution in [2.45, 2.75) is 44.0 Å². The number of aromatic nitrogens is 1. The van der Waals surface area contributed by atoms with Gasteiger partial charge in [-0.2, -0.15) is 0 Å². The molecule has 1 aliphatic rings. The first-order valence-corrected chi connectivity index (χ1v) is 12.7. The average molecular weight is 539 g/mol. The standard InChI is InChI=1S/C24H22ClF3N4O3S/c1-12-11-29-23(25)31-18(12)20-19(30-22(35-20)24(2,3)4)13-7-5-10-16(17(13)28)32-36(33,34)21-14(26)8-6-9-15(21)27/h5-12,18,32H,1-4H3. The number of rotatable bonds is 5. The van der Waals surface area contributed by atoms with Crippen LogP contribution in [-0.2, 0) is 15.4 Å². The highest BCUT2D eigenvalue weighted by Gasteiger charge is 2.34. The van der Waals surface area contributed by atoms with Crippen LogP contribution >= 0.6 is 11.6 Å². The minimum atomic E-state index is -4.80. The number of amidine groups is 1. The van der Waals surface area contributed by atoms with E-state index in [1.54, 1.807) is 6.21 Å². The highest BCUT2D eigenvalue weighted by molar-refractivity contribution is 7.92. The molecule has 0 bridgehead atoms. The molecular formula is C24H22ClF3N4O3S. The first-order valence-electron chi connectivity index (χ1n) is 10.8. The third-order valence-electron chi connectivity index (χ3n) is 5.41. The van der Waals surface area contributed by atoms with Gasteiger partial charge in [-0.25, -0.2) is 36.6 Å². The zero-order chi connectivity index (χ0) is 26.4. The number of nitrogens with one attached hydrogen (secondary N) is 1. The van der Waals surface area contributed by atoms with E-state index >= 15 is 4.39 Å². The Morgan fingerprint density at radius 1 is 1.06 bits per heavy atom. The van der Waals surface area contributed by atoms with Crippen LogP contribution in [0.3, 0.4) is 0 Å². The number of aliphatic imine (C=N–C) groups is 2. The van der Waals surface area contributed by atoms with Gasteiger partial charge in [-0.3, -0.25) is 4.72 Å². The fourth-order valence-corrected chi connectivity index (χ4v) is 4.96. The Bertz CT molecular complexity index is 1480. The number of oxazole rings is 1. The van der Waals surface area contributed by atoms with Gasteiger partial charge in [0, 0.05) is 23.1 Å². The fraction of sp³-hybridized carbons (Fsp3) is 0.292. The SMILES string of the molecule is CC1C=NC(Cl)=NC1c1oc(C(C)(C)C)nc1-c1cccc(NS(=O)(=O)c2c(F)cccc2F)c1F. The van der Waals surface area contributed by atoms with Crippen molar-refractivity contribution in [2.75, 3.05) is 4.72 Å². The molecular weight excluding hydrogens is 517 g/mol. The van der Waals surface area contributed by atoms with Crippen molar-refractivity contribution in [3.63, 3.8) is 0 Å². The van der Waals surface area contributed by atoms with E-state index in [0.29, 0.717) is 5.89 Å². The van der Waals surface area contributed by atoms with Gasteiger partial charge in [0.1, 0.15) is 23.4 Å². The van der Waals surface area contributed by atoms with Gasteiger partial charge < -0.3 is 4.42 Å². The molecule has 2 heterocycles. The van der Waals surface area contributed by atoms with Crippen molar-refractivity contribution in [2.24, 2.45) is 15.9 Å². The number of benzene rings is 2. The molecule has 12 heteroatoms. The van der Waals surface area contributed by atoms with Crippen molar-refractivity contribution in [3.05, 3.63) is 65.5 Å². The van der Waals surface area contributed by atoms with E-state index in [0.717, 1.165) is 24.3 Å². The Hall–Kier alpha value is -3.18. The quantitative estimate of drug-likeness (QED) is 0.390. The van der Waals surface area contributed by atoms with Gasteiger partial charge >= 0.3 is 0 Å². The first kappa shape index (κ1) is 25.9. The van der Waals surface area contributed by atoms with E-state index in [4.69, 9.17) is 16.0 Å². The third kappa shape index (κ3) is 4.90. The van der Waals surface area contributed by atoms with Crippen LogP contribution in [0, 0.1) is 23.4 Å². The molecule has 0 fully saturated rings. The first-order chi connectivity index (χ1) is 16.8. The van der Waals surface area contributed by atoms with Gasteiger partial charge in [0.15, 0.2) is 22.4 Å². The molecule has 0 saturated carbocycles. The summed E-state index contributed by atoms with van der Waals surface area (Å²) in [5.74, 6) is -3.38. The topological polar surface area (TPSA) is 96.9 Å². The van der Waals surface area contributed by atoms with Crippen LogP contribution < -0.4 is 4.72 Å². The normalized spacial score (nSPS) is 18.3. The van der Waals surface area contributed by atoms with E-state index < -0.39 is 49.5 Å². The van der Waals surface area contributed by atoms with Crippen molar-refractivity contribution in [1.29, 1.82) is 0 Å². The van der Waals surface area contributed by atoms with Crippen molar-refractivity contribution < 1.29 is 26.0 Å². The smallest absolute Gasteiger partial charge is 0.267 e. The van der Waals surface area contributed by atoms with Crippen LogP contribution in [0.4, 0.5) is 18.9 Å². The Morgan fingerprint density at radius 3 is 2.33 bits per heavy atom. The summed E-state index contributed by atoms with van der Waals surface area (Å²) in [7, 11) is -4.80. The summed E-state index contributed by atoms with van der Waals surface area (Å²) in [6, 6.07) is 5.84. The molecule has 4 rings (SSSR count). The van der Waals surface area contributed by atoms with E-state index in [-0.39, 0.29) is 28.2 Å². The lowest BCUT2D eigenvalue weighted by Crippen LogP contribution is -2.17. The van der Waals surface area contributed by atoms with Crippen LogP contribution in [0.5, 0.6) is 0 Å². The van der Waals surface area contributed by atoms with Crippen LogP contribution in [-0.4, -0.2) is 24.9 Å². The molecule has 1 aliphatic heterocycles. The highest BCUT2D eigenvalue weighted by atomic mass is 35.5. The summed E-state index contributed by atoms with van der Waals surface area (Å²) in [5.41, 5.74) is -1.08. The summed E-state index contributed by atoms with van der Waals surface area (Å²) >= 11 is 6.01. The minimum Gasteiger partial charge on any atom is -0.442 e. The second kappa shape index (κ2) is 9.36. The molecule has 3 aromatic rings. The Morgan fingerprint density at radius 2 is 1.69 bits per heavy atom. The lowest BCUT2D eigenvalue weighted by molar-refractivity contribution is 0.349. The van der Waals surface area contributed by atoms with Gasteiger partial charge in [-0.1, -0.05) is 39.8 Å². The van der Waals surface area contributed by atoms with E-state index in [9.17, 15) is 17.2 Å². The Kier molecular flexibility index (Phi) is 6.74. The van der Waals surface area contributed by atoms with Crippen molar-refractivity contribution >= 4 is 38.8 Å². The molecule has 1 N–H and O–H groups in total. The molecule has 2 aromatic carbocycles. The summed E-state index contributed by atoms with van der Waals surface area (Å²) in [6.07, 6.45) is 1.59. The average Bonchev–Trinajstić information content (AvgIpc) is 3.22. The molecule has 0 amide bonds. The molecule has 36 heavy (non-hydrogen) atoms. The highest BCUT2D eigenvalue weighted by Crippen LogP contribution is 2.40. The summed E-state index contributed by atoms with van der Waals surface area (Å²) < 4.78 is 77.4. The van der Waals surface area contributed by atoms with E-state index in [2.05, 4.69) is 15.0 Å². The van der Waals surface area contributed by atoms with Crippen LogP contribution in [0.2, 0.25) is 0 Å². The summed E-state index contributed by atoms with van der Waals surface area (Å²) in [5, 5.41) is -0.00773. The largest absolute Gasteiger partial charge is 0.442 e. The van der Waals surface area contributed by atoms with Gasteiger partial charge in [-0.05, 0) is 35.9 Å². The van der Waals surface area contributed by atoms with Gasteiger partial charge in [0.25, 0.3) is 10.0 Å². The fourth-order valence-electron chi connectivity index (χ4n) is 3.60. The lowest BCUT2D eigenvalue weighted by Gasteiger charge is -2.19. The molecule has 0 spiro atoms. The van der Waals surface area contributed by atoms with E-state index in [1.165, 1.54) is 12.1 Å².